The third-order valence-electron chi connectivity index (χ3n) is 11.2. The number of hydrogen-bond acceptors (Lipinski definition) is 17. The van der Waals surface area contributed by atoms with Crippen LogP contribution in [0.5, 0.6) is 17.2 Å². The molecule has 2 aromatic heterocycles. The molecule has 3 heterocycles. The van der Waals surface area contributed by atoms with Crippen molar-refractivity contribution in [1.29, 1.82) is 0 Å². The average Bonchev–Trinajstić information content (AvgIpc) is 1.66. The van der Waals surface area contributed by atoms with E-state index >= 15 is 0 Å². The summed E-state index contributed by atoms with van der Waals surface area (Å²) in [6.45, 7) is 31.3. The summed E-state index contributed by atoms with van der Waals surface area (Å²) in [6.07, 6.45) is 0.131. The molecule has 1 saturated heterocycles. The monoisotopic (exact) mass is 1320 g/mol. The SMILES string of the molecule is CC(C)ON1C(=O)CCC1=O.CC(C)Oc1c(F)c(F)c(F)c(F)c1F.CC(C)On1nnc2ccccc21.CC(C)On1nnc2ccccc2c1=O.Cc1ccc(OC(=O)CC(C)C)cc1.Cc1ccc(OC(C)C)cc1.Cc1ccc(S(=O)(=O)OC(C)C)cc1. The first-order chi connectivity index (χ1) is 43.6. The van der Waals surface area contributed by atoms with Crippen LogP contribution >= 0.6 is 0 Å². The number of hydroxylamine groups is 2. The highest BCUT2D eigenvalue weighted by atomic mass is 32.2. The smallest absolute Gasteiger partial charge is 0.314 e. The van der Waals surface area contributed by atoms with Crippen LogP contribution in [0.1, 0.15) is 133 Å². The Bertz CT molecular complexity index is 3770. The highest BCUT2D eigenvalue weighted by Gasteiger charge is 2.31. The van der Waals surface area contributed by atoms with E-state index in [2.05, 4.69) is 44.4 Å². The van der Waals surface area contributed by atoms with Gasteiger partial charge in [-0.05, 0) is 186 Å². The summed E-state index contributed by atoms with van der Waals surface area (Å²) in [4.78, 5) is 63.0. The van der Waals surface area contributed by atoms with Crippen molar-refractivity contribution in [3.63, 3.8) is 0 Å². The van der Waals surface area contributed by atoms with Gasteiger partial charge in [-0.25, -0.2) is 13.2 Å². The molecule has 0 bridgehead atoms. The molecule has 1 fully saturated rings. The first kappa shape index (κ1) is 78.4. The first-order valence-electron chi connectivity index (χ1n) is 29.8. The number of aromatic nitrogens is 6. The third-order valence-corrected chi connectivity index (χ3v) is 12.7. The van der Waals surface area contributed by atoms with Gasteiger partial charge in [-0.2, -0.15) is 22.3 Å². The molecule has 26 heteroatoms. The molecule has 0 spiro atoms. The molecule has 6 aromatic carbocycles. The number of amides is 2. The second-order valence-corrected chi connectivity index (χ2v) is 24.2. The lowest BCUT2D eigenvalue weighted by molar-refractivity contribution is -0.198. The van der Waals surface area contributed by atoms with E-state index in [0.29, 0.717) is 29.0 Å². The van der Waals surface area contributed by atoms with Crippen LogP contribution in [0.3, 0.4) is 0 Å². The average molecular weight is 1320 g/mol. The van der Waals surface area contributed by atoms with Gasteiger partial charge in [-0.15, -0.1) is 10.2 Å². The van der Waals surface area contributed by atoms with Gasteiger partial charge in [0.05, 0.1) is 34.7 Å². The van der Waals surface area contributed by atoms with Gasteiger partial charge in [0.2, 0.25) is 29.1 Å². The minimum Gasteiger partial charge on any atom is -0.491 e. The maximum Gasteiger partial charge on any atom is 0.314 e. The maximum atomic E-state index is 12.9. The van der Waals surface area contributed by atoms with E-state index in [4.69, 9.17) is 28.2 Å². The molecule has 9 rings (SSSR count). The van der Waals surface area contributed by atoms with Crippen LogP contribution in [0.4, 0.5) is 22.0 Å². The normalized spacial score (nSPS) is 11.8. The fraction of sp³-hybridized carbons (Fsp3) is 0.403. The van der Waals surface area contributed by atoms with Crippen molar-refractivity contribution >= 4 is 49.8 Å². The van der Waals surface area contributed by atoms with E-state index in [1.807, 2.05) is 136 Å². The van der Waals surface area contributed by atoms with Crippen LogP contribution in [-0.2, 0) is 33.5 Å². The van der Waals surface area contributed by atoms with Crippen LogP contribution in [0.15, 0.2) is 131 Å². The lowest BCUT2D eigenvalue weighted by Gasteiger charge is -2.15. The largest absolute Gasteiger partial charge is 0.491 e. The van der Waals surface area contributed by atoms with Crippen LogP contribution < -0.4 is 29.4 Å². The molecule has 0 radical (unpaired) electrons. The minimum absolute atomic E-state index is 0.102. The molecule has 0 atom stereocenters. The molecule has 0 saturated carbocycles. The highest BCUT2D eigenvalue weighted by molar-refractivity contribution is 7.86. The van der Waals surface area contributed by atoms with Crippen LogP contribution in [0.25, 0.3) is 21.9 Å². The molecule has 2 amide bonds. The second kappa shape index (κ2) is 38.2. The highest BCUT2D eigenvalue weighted by Crippen LogP contribution is 2.30. The summed E-state index contributed by atoms with van der Waals surface area (Å²) in [5.41, 5.74) is 5.49. The number of para-hydroxylation sites is 1. The first-order valence-corrected chi connectivity index (χ1v) is 31.2. The Morgan fingerprint density at radius 1 is 0.484 bits per heavy atom. The van der Waals surface area contributed by atoms with Crippen LogP contribution in [-0.4, -0.2) is 98.2 Å². The molecule has 1 aliphatic heterocycles. The lowest BCUT2D eigenvalue weighted by Crippen LogP contribution is -2.33. The number of esters is 1. The van der Waals surface area contributed by atoms with Gasteiger partial charge in [0.15, 0.2) is 5.75 Å². The molecule has 0 N–H and O–H groups in total. The van der Waals surface area contributed by atoms with Crippen molar-refractivity contribution < 1.29 is 77.7 Å². The van der Waals surface area contributed by atoms with E-state index < -0.39 is 51.1 Å². The summed E-state index contributed by atoms with van der Waals surface area (Å²) < 4.78 is 107. The number of rotatable bonds is 16. The third kappa shape index (κ3) is 27.5. The quantitative estimate of drug-likeness (QED) is 0.0166. The Balaban J connectivity index is 0.000000284. The van der Waals surface area contributed by atoms with E-state index in [9.17, 15) is 49.5 Å². The predicted molar refractivity (Wildman–Crippen MR) is 342 cm³/mol. The zero-order chi connectivity index (χ0) is 69.9. The number of carbonyl (C=O) groups excluding carboxylic acids is 3. The summed E-state index contributed by atoms with van der Waals surface area (Å²) in [5, 5.41) is 16.8. The molecule has 0 aliphatic carbocycles. The van der Waals surface area contributed by atoms with Crippen LogP contribution in [0, 0.1) is 55.8 Å². The van der Waals surface area contributed by atoms with Crippen molar-refractivity contribution in [2.24, 2.45) is 5.92 Å². The number of nitrogens with zero attached hydrogens (tertiary/aromatic N) is 7. The Kier molecular flexibility index (Phi) is 32.2. The summed E-state index contributed by atoms with van der Waals surface area (Å²) >= 11 is 0. The lowest BCUT2D eigenvalue weighted by atomic mass is 10.1. The molecule has 93 heavy (non-hydrogen) atoms. The topological polar surface area (TPSA) is 232 Å². The van der Waals surface area contributed by atoms with Crippen molar-refractivity contribution in [2.45, 2.75) is 178 Å². The molecular weight excluding hydrogens is 1240 g/mol. The summed E-state index contributed by atoms with van der Waals surface area (Å²) in [7, 11) is -3.58. The second-order valence-electron chi connectivity index (χ2n) is 22.6. The Morgan fingerprint density at radius 2 is 0.903 bits per heavy atom. The van der Waals surface area contributed by atoms with Crippen molar-refractivity contribution in [1.82, 2.24) is 35.4 Å². The van der Waals surface area contributed by atoms with Gasteiger partial charge in [0, 0.05) is 19.3 Å². The summed E-state index contributed by atoms with van der Waals surface area (Å²) in [5.74, 6) is -10.1. The number of benzene rings is 6. The molecule has 20 nitrogen and oxygen atoms in total. The van der Waals surface area contributed by atoms with Crippen molar-refractivity contribution in [2.75, 3.05) is 0 Å². The van der Waals surface area contributed by atoms with E-state index in [0.717, 1.165) is 37.8 Å². The minimum atomic E-state index is -3.58. The zero-order valence-electron chi connectivity index (χ0n) is 55.4. The fourth-order valence-corrected chi connectivity index (χ4v) is 8.28. The predicted octanol–water partition coefficient (Wildman–Crippen LogP) is 13.4. The van der Waals surface area contributed by atoms with Gasteiger partial charge in [0.1, 0.15) is 40.3 Å². The molecule has 1 aliphatic rings. The summed E-state index contributed by atoms with van der Waals surface area (Å²) in [6, 6.07) is 36.9. The van der Waals surface area contributed by atoms with Gasteiger partial charge in [0.25, 0.3) is 21.9 Å². The fourth-order valence-electron chi connectivity index (χ4n) is 7.19. The van der Waals surface area contributed by atoms with Crippen molar-refractivity contribution in [3.05, 3.63) is 177 Å². The Labute approximate surface area is 539 Å². The van der Waals surface area contributed by atoms with Gasteiger partial charge < -0.3 is 23.9 Å². The number of hydrogen-bond donors (Lipinski definition) is 0. The zero-order valence-corrected chi connectivity index (χ0v) is 56.3. The number of fused-ring (bicyclic) bond motifs is 2. The van der Waals surface area contributed by atoms with E-state index in [1.54, 1.807) is 70.2 Å². The number of ether oxygens (including phenoxy) is 3. The Morgan fingerprint density at radius 3 is 1.38 bits per heavy atom. The number of carbonyl (C=O) groups is 3. The molecule has 0 unspecified atom stereocenters. The van der Waals surface area contributed by atoms with Gasteiger partial charge in [-0.1, -0.05) is 96.0 Å². The van der Waals surface area contributed by atoms with Crippen LogP contribution in [0.2, 0.25) is 0 Å². The van der Waals surface area contributed by atoms with Crippen molar-refractivity contribution in [3.8, 4) is 17.2 Å². The maximum absolute atomic E-state index is 12.9. The number of aryl methyl sites for hydroxylation is 3. The Hall–Kier alpha value is -8.88. The standard InChI is InChI=1S/C12H16O2.C10H11N3O2.C10H14O3S.C10H14O.C9H7F5O.C9H11N3O.C7H11NO3/c1-9(2)8-12(13)14-11-6-4-10(3)5-7-11;1-7(2)15-13-10(14)8-5-3-4-6-9(8)11-12-13;1-8(2)13-14(11,12)10-6-4-9(3)5-7-10;1-8(2)11-10-6-4-9(3)5-7-10;1-3(2)15-9-7(13)5(11)4(10)6(12)8(9)14;1-7(2)13-12-9-6-4-3-5-8(9)10-11-12;1-5(2)11-8-6(9)3-4-7(8)10/h4-7,9H,8H2,1-3H3;3-7H,1-2H3;4-8H,1-3H3;4-8H,1-3H3;3H,1-2H3;3-7H,1-2H3;5H,3-4H2,1-2H3. The molecular formula is C67H84F5N7O13S. The van der Waals surface area contributed by atoms with E-state index in [1.165, 1.54) is 24.3 Å². The number of imide groups is 1. The van der Waals surface area contributed by atoms with E-state index in [-0.39, 0.29) is 71.6 Å². The molecule has 506 valence electrons. The number of halogens is 5. The molecule has 8 aromatic rings. The van der Waals surface area contributed by atoms with Gasteiger partial charge >= 0.3 is 11.5 Å². The van der Waals surface area contributed by atoms with Gasteiger partial charge in [-0.3, -0.25) is 28.2 Å².